The third kappa shape index (κ3) is 7.03. The second-order valence-electron chi connectivity index (χ2n) is 14.1. The van der Waals surface area contributed by atoms with E-state index in [-0.39, 0.29) is 16.0 Å². The summed E-state index contributed by atoms with van der Waals surface area (Å²) in [5, 5.41) is 6.21. The van der Waals surface area contributed by atoms with Crippen LogP contribution in [0.4, 0.5) is 23.1 Å². The molecule has 2 saturated carbocycles. The average Bonchev–Trinajstić information content (AvgIpc) is 2.96. The van der Waals surface area contributed by atoms with Crippen molar-refractivity contribution in [2.75, 3.05) is 17.7 Å². The van der Waals surface area contributed by atoms with E-state index in [4.69, 9.17) is 16.3 Å². The summed E-state index contributed by atoms with van der Waals surface area (Å²) < 4.78 is 32.5. The van der Waals surface area contributed by atoms with Gasteiger partial charge in [0.05, 0.1) is 33.8 Å². The summed E-state index contributed by atoms with van der Waals surface area (Å²) in [4.78, 5) is 12.0. The van der Waals surface area contributed by atoms with Crippen molar-refractivity contribution in [3.8, 4) is 5.75 Å². The molecule has 3 aliphatic rings. The number of nitrogens with zero attached hydrogens (tertiary/aromatic N) is 3. The Kier molecular flexibility index (Phi) is 9.89. The van der Waals surface area contributed by atoms with Crippen molar-refractivity contribution >= 4 is 50.2 Å². The number of hydrogen-bond donors (Lipinski definition) is 2. The van der Waals surface area contributed by atoms with E-state index < -0.39 is 15.1 Å². The minimum absolute atomic E-state index is 0.0363. The van der Waals surface area contributed by atoms with Crippen LogP contribution in [0, 0.1) is 18.8 Å². The fourth-order valence-electron chi connectivity index (χ4n) is 7.07. The van der Waals surface area contributed by atoms with E-state index in [1.807, 2.05) is 13.8 Å². The maximum Gasteiger partial charge on any atom is 0.229 e. The van der Waals surface area contributed by atoms with Gasteiger partial charge in [0.15, 0.2) is 15.7 Å². The minimum atomic E-state index is -3.54. The fraction of sp³-hybridized carbons (Fsp3) is 0.514. The molecule has 0 unspecified atom stereocenters. The number of aromatic nitrogens is 2. The molecule has 2 fully saturated rings. The average molecular weight is 678 g/mol. The van der Waals surface area contributed by atoms with Crippen molar-refractivity contribution in [2.45, 2.75) is 108 Å². The van der Waals surface area contributed by atoms with Gasteiger partial charge in [-0.3, -0.25) is 4.90 Å². The van der Waals surface area contributed by atoms with Gasteiger partial charge in [-0.25, -0.2) is 13.4 Å². The van der Waals surface area contributed by atoms with E-state index >= 15 is 0 Å². The first-order valence-electron chi connectivity index (χ1n) is 17.1. The number of sulfone groups is 1. The maximum atomic E-state index is 13.1. The van der Waals surface area contributed by atoms with E-state index in [0.29, 0.717) is 29.5 Å². The Morgan fingerprint density at radius 1 is 0.979 bits per heavy atom. The Labute approximate surface area is 285 Å². The first-order chi connectivity index (χ1) is 22.4. The van der Waals surface area contributed by atoms with Gasteiger partial charge >= 0.3 is 0 Å². The zero-order valence-corrected chi connectivity index (χ0v) is 30.0. The molecule has 0 bridgehead atoms. The molecular formula is C37H48ClN5O3S. The van der Waals surface area contributed by atoms with E-state index in [1.165, 1.54) is 61.4 Å². The lowest BCUT2D eigenvalue weighted by Crippen LogP contribution is -2.51. The first kappa shape index (κ1) is 33.7. The lowest BCUT2D eigenvalue weighted by Gasteiger charge is -2.49. The molecule has 47 heavy (non-hydrogen) atoms. The molecule has 0 radical (unpaired) electrons. The number of benzene rings is 2. The quantitative estimate of drug-likeness (QED) is 0.208. The van der Waals surface area contributed by atoms with Gasteiger partial charge < -0.3 is 15.4 Å². The molecule has 0 saturated heterocycles. The van der Waals surface area contributed by atoms with E-state index in [1.54, 1.807) is 38.1 Å². The van der Waals surface area contributed by atoms with Crippen molar-refractivity contribution in [3.63, 3.8) is 0 Å². The maximum absolute atomic E-state index is 13.1. The van der Waals surface area contributed by atoms with Gasteiger partial charge in [0, 0.05) is 12.1 Å². The number of halogens is 1. The summed E-state index contributed by atoms with van der Waals surface area (Å²) in [6.45, 7) is 9.55. The van der Waals surface area contributed by atoms with Gasteiger partial charge in [-0.1, -0.05) is 42.7 Å². The molecule has 3 aromatic rings. The van der Waals surface area contributed by atoms with Crippen LogP contribution in [0.3, 0.4) is 0 Å². The lowest BCUT2D eigenvalue weighted by atomic mass is 9.70. The summed E-state index contributed by atoms with van der Waals surface area (Å²) in [6, 6.07) is 12.2. The summed E-state index contributed by atoms with van der Waals surface area (Å²) in [7, 11) is -1.19. The zero-order chi connectivity index (χ0) is 33.5. The summed E-state index contributed by atoms with van der Waals surface area (Å²) in [5.41, 5.74) is 5.01. The number of para-hydroxylation sites is 1. The molecule has 10 heteroatoms. The van der Waals surface area contributed by atoms with Crippen molar-refractivity contribution in [1.29, 1.82) is 0 Å². The first-order valence-corrected chi connectivity index (χ1v) is 19.0. The number of aryl methyl sites for hydroxylation is 1. The number of hydrogen-bond acceptors (Lipinski definition) is 8. The number of anilines is 4. The molecule has 8 nitrogen and oxygen atoms in total. The molecule has 2 aromatic carbocycles. The Morgan fingerprint density at radius 2 is 1.68 bits per heavy atom. The predicted octanol–water partition coefficient (Wildman–Crippen LogP) is 8.95. The van der Waals surface area contributed by atoms with Gasteiger partial charge in [0.25, 0.3) is 0 Å². The van der Waals surface area contributed by atoms with Crippen LogP contribution >= 0.6 is 11.6 Å². The Bertz CT molecular complexity index is 1750. The van der Waals surface area contributed by atoms with Crippen LogP contribution < -0.4 is 15.4 Å². The Balaban J connectivity index is 1.32. The van der Waals surface area contributed by atoms with Crippen LogP contribution in [0.1, 0.15) is 83.8 Å². The van der Waals surface area contributed by atoms with Crippen LogP contribution in [-0.4, -0.2) is 53.8 Å². The number of rotatable bonds is 11. The van der Waals surface area contributed by atoms with Crippen LogP contribution in [-0.2, 0) is 9.84 Å². The molecule has 6 rings (SSSR count). The summed E-state index contributed by atoms with van der Waals surface area (Å²) in [5.74, 6) is 2.88. The van der Waals surface area contributed by atoms with Crippen molar-refractivity contribution in [3.05, 3.63) is 64.8 Å². The van der Waals surface area contributed by atoms with E-state index in [0.717, 1.165) is 29.7 Å². The molecule has 0 spiro atoms. The SMILES string of the molecule is Cc1cc(Nc2ncc(Cl)c(Nc3ccccc3S(=O)(=O)C(C)C)n2)c(OC(C)C)cc1C1=C[C@@H](C2CCC2)N(C)[C@H](C2CCC2)C1. The van der Waals surface area contributed by atoms with Crippen molar-refractivity contribution in [2.24, 2.45) is 11.8 Å². The van der Waals surface area contributed by atoms with Gasteiger partial charge in [0.2, 0.25) is 5.95 Å². The third-order valence-corrected chi connectivity index (χ3v) is 12.7. The van der Waals surface area contributed by atoms with Crippen LogP contribution in [0.5, 0.6) is 5.75 Å². The standard InChI is InChI=1S/C37H48ClN5O3S/c1-22(2)46-34-20-28(27-18-32(25-11-9-12-25)43(6)33(19-27)26-13-10-14-26)24(5)17-31(34)41-37-39-21-29(38)36(42-37)40-30-15-7-8-16-35(30)47(44,45)23(3)4/h7-8,15-18,20-23,25-26,32-33H,9-14,19H2,1-6H3,(H2,39,40,41,42)/t32-,33-/m0/s1. The molecule has 1 aromatic heterocycles. The highest BCUT2D eigenvalue weighted by Gasteiger charge is 2.40. The van der Waals surface area contributed by atoms with E-state index in [9.17, 15) is 8.42 Å². The molecule has 2 N–H and O–H groups in total. The van der Waals surface area contributed by atoms with Gasteiger partial charge in [-0.15, -0.1) is 0 Å². The smallest absolute Gasteiger partial charge is 0.229 e. The number of likely N-dealkylation sites (N-methyl/N-ethyl adjacent to an activating group) is 1. The predicted molar refractivity (Wildman–Crippen MR) is 192 cm³/mol. The zero-order valence-electron chi connectivity index (χ0n) is 28.4. The second kappa shape index (κ2) is 13.8. The monoisotopic (exact) mass is 677 g/mol. The summed E-state index contributed by atoms with van der Waals surface area (Å²) >= 11 is 6.52. The molecule has 2 heterocycles. The second-order valence-corrected chi connectivity index (χ2v) is 16.9. The van der Waals surface area contributed by atoms with Gasteiger partial charge in [-0.05, 0) is 127 Å². The highest BCUT2D eigenvalue weighted by molar-refractivity contribution is 7.92. The van der Waals surface area contributed by atoms with Crippen LogP contribution in [0.25, 0.3) is 5.57 Å². The highest BCUT2D eigenvalue weighted by Crippen LogP contribution is 2.46. The molecular weight excluding hydrogens is 630 g/mol. The van der Waals surface area contributed by atoms with E-state index in [2.05, 4.69) is 57.7 Å². The molecule has 2 aliphatic carbocycles. The van der Waals surface area contributed by atoms with Crippen LogP contribution in [0.15, 0.2) is 53.6 Å². The minimum Gasteiger partial charge on any atom is -0.489 e. The number of ether oxygens (including phenoxy) is 1. The van der Waals surface area contributed by atoms with Crippen molar-refractivity contribution < 1.29 is 13.2 Å². The summed E-state index contributed by atoms with van der Waals surface area (Å²) in [6.07, 6.45) is 13.1. The lowest BCUT2D eigenvalue weighted by molar-refractivity contribution is 0.0521. The number of nitrogens with one attached hydrogen (secondary N) is 2. The molecule has 0 amide bonds. The third-order valence-electron chi connectivity index (χ3n) is 10.2. The Hall–Kier alpha value is -3.14. The van der Waals surface area contributed by atoms with Gasteiger partial charge in [0.1, 0.15) is 10.8 Å². The van der Waals surface area contributed by atoms with Crippen molar-refractivity contribution in [1.82, 2.24) is 14.9 Å². The van der Waals surface area contributed by atoms with Gasteiger partial charge in [-0.2, -0.15) is 4.98 Å². The highest BCUT2D eigenvalue weighted by atomic mass is 35.5. The molecule has 252 valence electrons. The molecule has 2 atom stereocenters. The normalized spacial score (nSPS) is 20.9. The topological polar surface area (TPSA) is 96.5 Å². The largest absolute Gasteiger partial charge is 0.489 e. The fourth-order valence-corrected chi connectivity index (χ4v) is 8.41. The molecule has 1 aliphatic heterocycles. The Morgan fingerprint density at radius 3 is 2.32 bits per heavy atom. The van der Waals surface area contributed by atoms with Crippen LogP contribution in [0.2, 0.25) is 5.02 Å².